The number of nitrogens with one attached hydrogen (secondary N) is 2. The van der Waals surface area contributed by atoms with Gasteiger partial charge in [0.25, 0.3) is 0 Å². The van der Waals surface area contributed by atoms with Gasteiger partial charge in [-0.3, -0.25) is 0 Å². The molecule has 0 bridgehead atoms. The molecule has 2 fully saturated rings. The minimum absolute atomic E-state index is 0.466. The highest BCUT2D eigenvalue weighted by molar-refractivity contribution is 4.88. The lowest BCUT2D eigenvalue weighted by Crippen LogP contribution is -2.53. The minimum Gasteiger partial charge on any atom is -0.316 e. The Balaban J connectivity index is 1.71. The maximum Gasteiger partial charge on any atom is 0.0153 e. The van der Waals surface area contributed by atoms with Crippen LogP contribution in [-0.4, -0.2) is 25.2 Å². The van der Waals surface area contributed by atoms with E-state index in [-0.39, 0.29) is 0 Å². The molecule has 76 valence electrons. The van der Waals surface area contributed by atoms with E-state index < -0.39 is 0 Å². The molecule has 2 aliphatic rings. The van der Waals surface area contributed by atoms with Gasteiger partial charge in [0, 0.05) is 25.2 Å². The molecule has 1 saturated heterocycles. The van der Waals surface area contributed by atoms with E-state index in [0.717, 1.165) is 5.92 Å². The van der Waals surface area contributed by atoms with Gasteiger partial charge >= 0.3 is 0 Å². The summed E-state index contributed by atoms with van der Waals surface area (Å²) in [5, 5.41) is 7.08. The van der Waals surface area contributed by atoms with E-state index >= 15 is 0 Å². The first kappa shape index (κ1) is 9.47. The lowest BCUT2D eigenvalue weighted by atomic mass is 9.83. The van der Waals surface area contributed by atoms with Gasteiger partial charge in [0.05, 0.1) is 0 Å². The molecule has 0 spiro atoms. The van der Waals surface area contributed by atoms with E-state index in [0.29, 0.717) is 5.54 Å². The zero-order valence-electron chi connectivity index (χ0n) is 8.73. The third-order valence-corrected chi connectivity index (χ3v) is 3.64. The average Bonchev–Trinajstić information content (AvgIpc) is 2.02. The third kappa shape index (κ3) is 2.44. The van der Waals surface area contributed by atoms with Crippen molar-refractivity contribution < 1.29 is 0 Å². The van der Waals surface area contributed by atoms with E-state index in [1.807, 2.05) is 0 Å². The van der Waals surface area contributed by atoms with Crippen molar-refractivity contribution >= 4 is 0 Å². The summed E-state index contributed by atoms with van der Waals surface area (Å²) in [6.07, 6.45) is 7.06. The summed E-state index contributed by atoms with van der Waals surface area (Å²) >= 11 is 0. The van der Waals surface area contributed by atoms with Gasteiger partial charge in [-0.15, -0.1) is 0 Å². The second kappa shape index (κ2) is 3.97. The van der Waals surface area contributed by atoms with Crippen molar-refractivity contribution in [2.24, 2.45) is 5.92 Å². The van der Waals surface area contributed by atoms with E-state index in [9.17, 15) is 0 Å². The molecule has 0 aromatic heterocycles. The molecule has 2 N–H and O–H groups in total. The maximum atomic E-state index is 3.76. The molecule has 0 aromatic rings. The van der Waals surface area contributed by atoms with Crippen molar-refractivity contribution in [3.8, 4) is 0 Å². The molecular formula is C11H22N2. The average molecular weight is 182 g/mol. The van der Waals surface area contributed by atoms with Crippen molar-refractivity contribution in [1.29, 1.82) is 0 Å². The first-order chi connectivity index (χ1) is 6.29. The van der Waals surface area contributed by atoms with Crippen LogP contribution in [0.1, 0.15) is 39.0 Å². The van der Waals surface area contributed by atoms with Crippen LogP contribution < -0.4 is 10.6 Å². The van der Waals surface area contributed by atoms with Gasteiger partial charge in [0.2, 0.25) is 0 Å². The molecule has 0 amide bonds. The molecule has 0 aromatic carbocycles. The van der Waals surface area contributed by atoms with E-state index in [4.69, 9.17) is 0 Å². The van der Waals surface area contributed by atoms with E-state index in [2.05, 4.69) is 17.6 Å². The Hall–Kier alpha value is -0.0800. The van der Waals surface area contributed by atoms with Crippen LogP contribution in [0, 0.1) is 5.92 Å². The van der Waals surface area contributed by atoms with Crippen LogP contribution in [0.3, 0.4) is 0 Å². The van der Waals surface area contributed by atoms with Gasteiger partial charge in [0.15, 0.2) is 0 Å². The molecule has 13 heavy (non-hydrogen) atoms. The number of rotatable bonds is 3. The Bertz CT molecular complexity index is 157. The fraction of sp³-hybridized carbons (Fsp3) is 1.00. The highest BCUT2D eigenvalue weighted by Gasteiger charge is 2.27. The topological polar surface area (TPSA) is 24.1 Å². The molecule has 1 aliphatic heterocycles. The van der Waals surface area contributed by atoms with Crippen LogP contribution in [0.5, 0.6) is 0 Å². The summed E-state index contributed by atoms with van der Waals surface area (Å²) < 4.78 is 0. The van der Waals surface area contributed by atoms with E-state index in [1.165, 1.54) is 51.7 Å². The molecule has 1 heterocycles. The van der Waals surface area contributed by atoms with Gasteiger partial charge in [-0.25, -0.2) is 0 Å². The first-order valence-corrected chi connectivity index (χ1v) is 5.74. The predicted molar refractivity (Wildman–Crippen MR) is 55.9 cm³/mol. The number of hydrogen-bond donors (Lipinski definition) is 2. The van der Waals surface area contributed by atoms with Crippen LogP contribution in [-0.2, 0) is 0 Å². The lowest BCUT2D eigenvalue weighted by Gasteiger charge is -2.38. The van der Waals surface area contributed by atoms with Crippen LogP contribution in [0.25, 0.3) is 0 Å². The predicted octanol–water partition coefficient (Wildman–Crippen LogP) is 1.52. The number of hydrogen-bond acceptors (Lipinski definition) is 2. The van der Waals surface area contributed by atoms with E-state index in [1.54, 1.807) is 0 Å². The monoisotopic (exact) mass is 182 g/mol. The normalized spacial score (nSPS) is 28.4. The van der Waals surface area contributed by atoms with Gasteiger partial charge in [-0.2, -0.15) is 0 Å². The summed E-state index contributed by atoms with van der Waals surface area (Å²) in [5.41, 5.74) is 0.466. The highest BCUT2D eigenvalue weighted by atomic mass is 15.0. The van der Waals surface area contributed by atoms with Crippen LogP contribution in [0.4, 0.5) is 0 Å². The smallest absolute Gasteiger partial charge is 0.0153 e. The quantitative estimate of drug-likeness (QED) is 0.691. The second-order valence-corrected chi connectivity index (χ2v) is 5.03. The zero-order chi connectivity index (χ0) is 9.15. The molecule has 2 rings (SSSR count). The summed E-state index contributed by atoms with van der Waals surface area (Å²) in [6, 6.07) is 0. The van der Waals surface area contributed by atoms with Gasteiger partial charge in [0.1, 0.15) is 0 Å². The molecule has 0 radical (unpaired) electrons. The van der Waals surface area contributed by atoms with Crippen molar-refractivity contribution in [1.82, 2.24) is 10.6 Å². The zero-order valence-corrected chi connectivity index (χ0v) is 8.73. The molecule has 1 aliphatic carbocycles. The summed E-state index contributed by atoms with van der Waals surface area (Å²) in [6.45, 7) is 6.08. The van der Waals surface area contributed by atoms with Gasteiger partial charge < -0.3 is 10.6 Å². The third-order valence-electron chi connectivity index (χ3n) is 3.64. The Morgan fingerprint density at radius 2 is 1.92 bits per heavy atom. The molecule has 0 atom stereocenters. The highest BCUT2D eigenvalue weighted by Crippen LogP contribution is 2.27. The summed E-state index contributed by atoms with van der Waals surface area (Å²) in [4.78, 5) is 0. The molecular weight excluding hydrogens is 160 g/mol. The Kier molecular flexibility index (Phi) is 2.89. The summed E-state index contributed by atoms with van der Waals surface area (Å²) in [5.74, 6) is 0.902. The van der Waals surface area contributed by atoms with Crippen molar-refractivity contribution in [2.45, 2.75) is 44.6 Å². The van der Waals surface area contributed by atoms with Crippen molar-refractivity contribution in [3.63, 3.8) is 0 Å². The summed E-state index contributed by atoms with van der Waals surface area (Å²) in [7, 11) is 0. The molecule has 2 nitrogen and oxygen atoms in total. The Morgan fingerprint density at radius 1 is 1.23 bits per heavy atom. The fourth-order valence-corrected chi connectivity index (χ4v) is 2.39. The van der Waals surface area contributed by atoms with Gasteiger partial charge in [-0.1, -0.05) is 19.3 Å². The Labute approximate surface area is 81.5 Å². The lowest BCUT2D eigenvalue weighted by molar-refractivity contribution is 0.220. The molecule has 0 unspecified atom stereocenters. The van der Waals surface area contributed by atoms with Crippen LogP contribution >= 0.6 is 0 Å². The molecule has 2 heteroatoms. The Morgan fingerprint density at radius 3 is 2.46 bits per heavy atom. The standard InChI is InChI=1S/C11H22N2/c1-11(5-3-2-4-6-11)13-9-10-7-12-8-10/h10,12-13H,2-9H2,1H3. The van der Waals surface area contributed by atoms with Crippen molar-refractivity contribution in [2.75, 3.05) is 19.6 Å². The van der Waals surface area contributed by atoms with Crippen molar-refractivity contribution in [3.05, 3.63) is 0 Å². The fourth-order valence-electron chi connectivity index (χ4n) is 2.39. The van der Waals surface area contributed by atoms with Crippen LogP contribution in [0.2, 0.25) is 0 Å². The molecule has 1 saturated carbocycles. The van der Waals surface area contributed by atoms with Gasteiger partial charge in [-0.05, 0) is 25.7 Å². The SMILES string of the molecule is CC1(NCC2CNC2)CCCCC1. The van der Waals surface area contributed by atoms with Crippen LogP contribution in [0.15, 0.2) is 0 Å². The largest absolute Gasteiger partial charge is 0.316 e. The second-order valence-electron chi connectivity index (χ2n) is 5.03. The maximum absolute atomic E-state index is 3.76. The first-order valence-electron chi connectivity index (χ1n) is 5.74. The minimum atomic E-state index is 0.466.